The Bertz CT molecular complexity index is 983. The van der Waals surface area contributed by atoms with E-state index in [1.165, 1.54) is 0 Å². The van der Waals surface area contributed by atoms with Crippen molar-refractivity contribution in [3.05, 3.63) is 60.4 Å². The summed E-state index contributed by atoms with van der Waals surface area (Å²) in [5.41, 5.74) is 3.08. The van der Waals surface area contributed by atoms with Crippen LogP contribution in [0.2, 0.25) is 0 Å². The third kappa shape index (κ3) is 2.92. The molecule has 3 heterocycles. The Morgan fingerprint density at radius 3 is 2.37 bits per heavy atom. The molecule has 0 unspecified atom stereocenters. The molecule has 6 nitrogen and oxygen atoms in total. The summed E-state index contributed by atoms with van der Waals surface area (Å²) in [7, 11) is 2.17. The van der Waals surface area contributed by atoms with Gasteiger partial charge in [0.15, 0.2) is 5.82 Å². The average molecular weight is 358 g/mol. The summed E-state index contributed by atoms with van der Waals surface area (Å²) >= 11 is 0. The number of aromatic nitrogens is 3. The number of para-hydroxylation sites is 2. The van der Waals surface area contributed by atoms with E-state index in [-0.39, 0.29) is 0 Å². The Hall–Kier alpha value is -2.99. The number of hydrogen-bond acceptors (Lipinski definition) is 5. The highest BCUT2D eigenvalue weighted by molar-refractivity contribution is 5.89. The second-order valence-corrected chi connectivity index (χ2v) is 7.13. The summed E-state index contributed by atoms with van der Waals surface area (Å²) in [6.45, 7) is 4.11. The lowest BCUT2D eigenvalue weighted by molar-refractivity contribution is 0.213. The van der Waals surface area contributed by atoms with Crippen LogP contribution in [0.15, 0.2) is 59.6 Å². The highest BCUT2D eigenvalue weighted by atomic mass is 15.3. The van der Waals surface area contributed by atoms with Crippen LogP contribution < -0.4 is 0 Å². The molecule has 0 spiro atoms. The molecule has 27 heavy (non-hydrogen) atoms. The van der Waals surface area contributed by atoms with Crippen LogP contribution in [0.4, 0.5) is 5.69 Å². The van der Waals surface area contributed by atoms with Crippen LogP contribution in [0.25, 0.3) is 17.1 Å². The molecule has 0 radical (unpaired) electrons. The minimum Gasteiger partial charge on any atom is -0.357 e. The van der Waals surface area contributed by atoms with Crippen molar-refractivity contribution in [1.82, 2.24) is 24.6 Å². The second-order valence-electron chi connectivity index (χ2n) is 7.13. The van der Waals surface area contributed by atoms with Crippen LogP contribution in [-0.4, -0.2) is 63.6 Å². The van der Waals surface area contributed by atoms with Gasteiger partial charge in [-0.1, -0.05) is 42.5 Å². The SMILES string of the molecule is CN1CCN(C2=Nc3ccccc3-n3c(nnc3-c3ccccc3)C2)CC1. The van der Waals surface area contributed by atoms with Crippen molar-refractivity contribution in [2.75, 3.05) is 33.2 Å². The largest absolute Gasteiger partial charge is 0.357 e. The molecule has 5 rings (SSSR count). The lowest BCUT2D eigenvalue weighted by Gasteiger charge is -2.34. The van der Waals surface area contributed by atoms with Gasteiger partial charge in [-0.3, -0.25) is 4.57 Å². The summed E-state index contributed by atoms with van der Waals surface area (Å²) in [6, 6.07) is 18.5. The molecule has 3 aromatic rings. The third-order valence-corrected chi connectivity index (χ3v) is 5.32. The first-order valence-corrected chi connectivity index (χ1v) is 9.40. The van der Waals surface area contributed by atoms with Crippen molar-refractivity contribution in [2.45, 2.75) is 6.42 Å². The van der Waals surface area contributed by atoms with Gasteiger partial charge in [-0.2, -0.15) is 0 Å². The van der Waals surface area contributed by atoms with Crippen molar-refractivity contribution in [1.29, 1.82) is 0 Å². The lowest BCUT2D eigenvalue weighted by atomic mass is 10.2. The number of benzene rings is 2. The molecule has 0 aliphatic carbocycles. The zero-order valence-corrected chi connectivity index (χ0v) is 15.4. The van der Waals surface area contributed by atoms with E-state index in [4.69, 9.17) is 4.99 Å². The first-order valence-electron chi connectivity index (χ1n) is 9.40. The van der Waals surface area contributed by atoms with Crippen molar-refractivity contribution in [3.63, 3.8) is 0 Å². The summed E-state index contributed by atoms with van der Waals surface area (Å²) in [6.07, 6.45) is 0.693. The molecule has 0 saturated carbocycles. The Labute approximate surface area is 158 Å². The number of piperazine rings is 1. The van der Waals surface area contributed by atoms with E-state index in [0.29, 0.717) is 6.42 Å². The van der Waals surface area contributed by atoms with Gasteiger partial charge in [0.05, 0.1) is 17.8 Å². The van der Waals surface area contributed by atoms with Crippen molar-refractivity contribution >= 4 is 11.5 Å². The number of aliphatic imine (C=N–C) groups is 1. The van der Waals surface area contributed by atoms with Gasteiger partial charge in [0.25, 0.3) is 0 Å². The van der Waals surface area contributed by atoms with Gasteiger partial charge in [0, 0.05) is 31.7 Å². The maximum absolute atomic E-state index is 5.05. The highest BCUT2D eigenvalue weighted by Gasteiger charge is 2.26. The van der Waals surface area contributed by atoms with Crippen LogP contribution >= 0.6 is 0 Å². The smallest absolute Gasteiger partial charge is 0.168 e. The topological polar surface area (TPSA) is 49.5 Å². The van der Waals surface area contributed by atoms with Crippen molar-refractivity contribution in [3.8, 4) is 17.1 Å². The molecule has 0 bridgehead atoms. The normalized spacial score (nSPS) is 17.1. The first-order chi connectivity index (χ1) is 13.3. The van der Waals surface area contributed by atoms with Crippen LogP contribution in [0, 0.1) is 0 Å². The molecule has 0 amide bonds. The average Bonchev–Trinajstić information content (AvgIpc) is 3.05. The molecular formula is C21H22N6. The summed E-state index contributed by atoms with van der Waals surface area (Å²) in [5.74, 6) is 2.89. The zero-order valence-electron chi connectivity index (χ0n) is 15.4. The number of amidine groups is 1. The molecule has 1 fully saturated rings. The van der Waals surface area contributed by atoms with Gasteiger partial charge in [0.2, 0.25) is 0 Å². The van der Waals surface area contributed by atoms with E-state index in [2.05, 4.69) is 55.9 Å². The van der Waals surface area contributed by atoms with Crippen LogP contribution in [-0.2, 0) is 6.42 Å². The zero-order chi connectivity index (χ0) is 18.2. The Kier molecular flexibility index (Phi) is 3.98. The maximum Gasteiger partial charge on any atom is 0.168 e. The molecule has 1 aromatic heterocycles. The third-order valence-electron chi connectivity index (χ3n) is 5.32. The van der Waals surface area contributed by atoms with Crippen molar-refractivity contribution < 1.29 is 0 Å². The quantitative estimate of drug-likeness (QED) is 0.671. The monoisotopic (exact) mass is 358 g/mol. The fourth-order valence-electron chi connectivity index (χ4n) is 3.77. The predicted octanol–water partition coefficient (Wildman–Crippen LogP) is 2.77. The predicted molar refractivity (Wildman–Crippen MR) is 107 cm³/mol. The molecule has 6 heteroatoms. The summed E-state index contributed by atoms with van der Waals surface area (Å²) in [5, 5.41) is 9.08. The molecular weight excluding hydrogens is 336 g/mol. The van der Waals surface area contributed by atoms with E-state index in [0.717, 1.165) is 60.6 Å². The number of fused-ring (bicyclic) bond motifs is 3. The first kappa shape index (κ1) is 16.2. The minimum atomic E-state index is 0.693. The van der Waals surface area contributed by atoms with Gasteiger partial charge >= 0.3 is 0 Å². The number of rotatable bonds is 1. The standard InChI is InChI=1S/C21H22N6/c1-25-11-13-26(14-12-25)19-15-20-23-24-21(16-7-3-2-4-8-16)27(20)18-10-6-5-9-17(18)22-19/h2-10H,11-15H2,1H3. The number of nitrogens with zero attached hydrogens (tertiary/aromatic N) is 6. The van der Waals surface area contributed by atoms with E-state index in [9.17, 15) is 0 Å². The van der Waals surface area contributed by atoms with Gasteiger partial charge in [0.1, 0.15) is 11.7 Å². The van der Waals surface area contributed by atoms with Gasteiger partial charge in [-0.15, -0.1) is 10.2 Å². The highest BCUT2D eigenvalue weighted by Crippen LogP contribution is 2.32. The molecule has 2 aromatic carbocycles. The molecule has 136 valence electrons. The Morgan fingerprint density at radius 1 is 0.815 bits per heavy atom. The van der Waals surface area contributed by atoms with E-state index >= 15 is 0 Å². The van der Waals surface area contributed by atoms with Gasteiger partial charge < -0.3 is 9.80 Å². The number of likely N-dealkylation sites (N-methyl/N-ethyl adjacent to an activating group) is 1. The molecule has 1 saturated heterocycles. The van der Waals surface area contributed by atoms with Gasteiger partial charge in [-0.25, -0.2) is 4.99 Å². The van der Waals surface area contributed by atoms with Crippen LogP contribution in [0.3, 0.4) is 0 Å². The lowest BCUT2D eigenvalue weighted by Crippen LogP contribution is -2.47. The van der Waals surface area contributed by atoms with Crippen LogP contribution in [0.1, 0.15) is 5.82 Å². The minimum absolute atomic E-state index is 0.693. The Morgan fingerprint density at radius 2 is 1.56 bits per heavy atom. The maximum atomic E-state index is 5.05. The van der Waals surface area contributed by atoms with Gasteiger partial charge in [-0.05, 0) is 19.2 Å². The van der Waals surface area contributed by atoms with Crippen molar-refractivity contribution in [2.24, 2.45) is 4.99 Å². The Balaban J connectivity index is 1.62. The summed E-state index contributed by atoms with van der Waals surface area (Å²) < 4.78 is 2.16. The number of hydrogen-bond donors (Lipinski definition) is 0. The molecule has 0 N–H and O–H groups in total. The molecule has 0 atom stereocenters. The fourth-order valence-corrected chi connectivity index (χ4v) is 3.77. The van der Waals surface area contributed by atoms with Crippen LogP contribution in [0.5, 0.6) is 0 Å². The molecule has 2 aliphatic heterocycles. The summed E-state index contributed by atoms with van der Waals surface area (Å²) in [4.78, 5) is 9.80. The second kappa shape index (κ2) is 6.63. The molecule has 2 aliphatic rings. The fraction of sp³-hybridized carbons (Fsp3) is 0.286. The van der Waals surface area contributed by atoms with E-state index < -0.39 is 0 Å². The van der Waals surface area contributed by atoms with E-state index in [1.807, 2.05) is 30.3 Å². The van der Waals surface area contributed by atoms with E-state index in [1.54, 1.807) is 0 Å².